The molecule has 1 aromatic heterocycles. The van der Waals surface area contributed by atoms with E-state index in [0.29, 0.717) is 43.8 Å². The molecule has 0 unspecified atom stereocenters. The highest BCUT2D eigenvalue weighted by molar-refractivity contribution is 7.91. The molecule has 214 valence electrons. The number of benzene rings is 1. The molecule has 2 aliphatic rings. The van der Waals surface area contributed by atoms with Crippen LogP contribution in [0.4, 0.5) is 19.0 Å². The number of aryl methyl sites for hydroxylation is 1. The van der Waals surface area contributed by atoms with Crippen molar-refractivity contribution < 1.29 is 35.9 Å². The van der Waals surface area contributed by atoms with Gasteiger partial charge in [0.15, 0.2) is 9.84 Å². The number of aromatic nitrogens is 2. The van der Waals surface area contributed by atoms with E-state index in [9.17, 15) is 31.2 Å². The summed E-state index contributed by atoms with van der Waals surface area (Å²) in [4.78, 5) is 27.8. The monoisotopic (exact) mass is 571 g/mol. The lowest BCUT2D eigenvalue weighted by Crippen LogP contribution is -2.49. The number of fused-ring (bicyclic) bond motifs is 3. The molecule has 2 amide bonds. The highest BCUT2D eigenvalue weighted by Crippen LogP contribution is 2.44. The molecule has 14 heteroatoms. The zero-order valence-electron chi connectivity index (χ0n) is 22.0. The van der Waals surface area contributed by atoms with E-state index >= 15 is 0 Å². The molecule has 0 fully saturated rings. The number of rotatable bonds is 10. The van der Waals surface area contributed by atoms with Crippen LogP contribution in [0.3, 0.4) is 0 Å². The molecular weight excluding hydrogens is 539 g/mol. The second-order valence-corrected chi connectivity index (χ2v) is 12.6. The number of amides is 2. The molecular formula is C25H32F3N5O5S. The van der Waals surface area contributed by atoms with E-state index in [0.717, 1.165) is 17.4 Å². The molecule has 4 rings (SSSR count). The molecule has 1 aliphatic carbocycles. The molecule has 0 saturated carbocycles. The average Bonchev–Trinajstić information content (AvgIpc) is 3.31. The van der Waals surface area contributed by atoms with Crippen molar-refractivity contribution in [2.75, 3.05) is 44.6 Å². The van der Waals surface area contributed by atoms with Gasteiger partial charge in [0.05, 0.1) is 24.4 Å². The predicted octanol–water partition coefficient (Wildman–Crippen LogP) is 2.28. The van der Waals surface area contributed by atoms with E-state index < -0.39 is 45.5 Å². The van der Waals surface area contributed by atoms with Gasteiger partial charge in [0.1, 0.15) is 22.9 Å². The minimum absolute atomic E-state index is 0.0538. The molecule has 1 spiro atoms. The molecule has 1 aliphatic heterocycles. The van der Waals surface area contributed by atoms with Gasteiger partial charge in [-0.25, -0.2) is 13.1 Å². The molecule has 2 heterocycles. The molecule has 39 heavy (non-hydrogen) atoms. The Morgan fingerprint density at radius 1 is 1.31 bits per heavy atom. The standard InChI is InChI=1S/C25H32F3N5O5S/c1-32(2)10-11-33-22(29-20(34)15-39(3,36)37)21-19(31-33)14-24(30-23(21)35)9-7-16-13-17(5-6-18(16)24)38-12-4-8-25(26,27)28/h5-6,13H,4,7-12,14-15H2,1-3H3,(H,29,34)(H,30,35)/t24-/m0/s1. The molecule has 2 N–H and O–H groups in total. The number of ether oxygens (including phenoxy) is 1. The lowest BCUT2D eigenvalue weighted by atomic mass is 9.82. The average molecular weight is 572 g/mol. The number of carbonyl (C=O) groups excluding carboxylic acids is 2. The number of likely N-dealkylation sites (N-methyl/N-ethyl adjacent to an activating group) is 1. The fraction of sp³-hybridized carbons (Fsp3) is 0.560. The summed E-state index contributed by atoms with van der Waals surface area (Å²) in [5.41, 5.74) is 1.78. The Morgan fingerprint density at radius 3 is 2.72 bits per heavy atom. The Kier molecular flexibility index (Phi) is 7.99. The number of hydrogen-bond donors (Lipinski definition) is 2. The minimum atomic E-state index is -4.22. The fourth-order valence-corrected chi connectivity index (χ4v) is 5.61. The Hall–Kier alpha value is -3.13. The zero-order chi connectivity index (χ0) is 28.6. The van der Waals surface area contributed by atoms with Crippen LogP contribution in [0.25, 0.3) is 0 Å². The van der Waals surface area contributed by atoms with Crippen LogP contribution in [0.2, 0.25) is 0 Å². The highest BCUT2D eigenvalue weighted by atomic mass is 32.2. The summed E-state index contributed by atoms with van der Waals surface area (Å²) in [6, 6.07) is 5.31. The number of carbonyl (C=O) groups is 2. The van der Waals surface area contributed by atoms with Gasteiger partial charge in [0.2, 0.25) is 5.91 Å². The number of alkyl halides is 3. The molecule has 1 aromatic carbocycles. The second-order valence-electron chi connectivity index (χ2n) is 10.4. The van der Waals surface area contributed by atoms with E-state index in [1.165, 1.54) is 4.68 Å². The van der Waals surface area contributed by atoms with Crippen LogP contribution >= 0.6 is 0 Å². The van der Waals surface area contributed by atoms with Crippen LogP contribution < -0.4 is 15.4 Å². The van der Waals surface area contributed by atoms with E-state index in [1.54, 1.807) is 12.1 Å². The number of hydrogen-bond acceptors (Lipinski definition) is 7. The van der Waals surface area contributed by atoms with Crippen molar-refractivity contribution in [1.82, 2.24) is 20.0 Å². The summed E-state index contributed by atoms with van der Waals surface area (Å²) >= 11 is 0. The highest BCUT2D eigenvalue weighted by Gasteiger charge is 2.46. The maximum Gasteiger partial charge on any atom is 0.389 e. The van der Waals surface area contributed by atoms with Crippen LogP contribution in [0.15, 0.2) is 18.2 Å². The number of halogens is 3. The quantitative estimate of drug-likeness (QED) is 0.420. The molecule has 10 nitrogen and oxygen atoms in total. The molecule has 0 bridgehead atoms. The summed E-state index contributed by atoms with van der Waals surface area (Å²) in [6.45, 7) is 0.874. The van der Waals surface area contributed by atoms with Crippen LogP contribution in [0.1, 0.15) is 46.4 Å². The minimum Gasteiger partial charge on any atom is -0.494 e. The molecule has 0 saturated heterocycles. The van der Waals surface area contributed by atoms with Gasteiger partial charge in [-0.3, -0.25) is 9.59 Å². The van der Waals surface area contributed by atoms with Gasteiger partial charge in [0, 0.05) is 25.6 Å². The van der Waals surface area contributed by atoms with Crippen molar-refractivity contribution in [3.05, 3.63) is 40.6 Å². The van der Waals surface area contributed by atoms with Crippen molar-refractivity contribution in [3.8, 4) is 5.75 Å². The Bertz CT molecular complexity index is 1370. The van der Waals surface area contributed by atoms with Crippen LogP contribution in [-0.4, -0.2) is 80.3 Å². The van der Waals surface area contributed by atoms with Crippen LogP contribution in [0, 0.1) is 0 Å². The summed E-state index contributed by atoms with van der Waals surface area (Å²) in [6.07, 6.45) is -2.73. The lowest BCUT2D eigenvalue weighted by molar-refractivity contribution is -0.136. The smallest absolute Gasteiger partial charge is 0.389 e. The predicted molar refractivity (Wildman–Crippen MR) is 138 cm³/mol. The summed E-state index contributed by atoms with van der Waals surface area (Å²) in [5, 5.41) is 10.3. The summed E-state index contributed by atoms with van der Waals surface area (Å²) in [5.74, 6) is -1.27. The Balaban J connectivity index is 1.57. The summed E-state index contributed by atoms with van der Waals surface area (Å²) in [7, 11) is 0.164. The van der Waals surface area contributed by atoms with E-state index in [2.05, 4.69) is 15.7 Å². The van der Waals surface area contributed by atoms with Gasteiger partial charge in [-0.1, -0.05) is 6.07 Å². The van der Waals surface area contributed by atoms with Crippen molar-refractivity contribution in [3.63, 3.8) is 0 Å². The summed E-state index contributed by atoms with van der Waals surface area (Å²) < 4.78 is 67.5. The zero-order valence-corrected chi connectivity index (χ0v) is 22.8. The number of anilines is 1. The normalized spacial score (nSPS) is 18.7. The molecule has 0 radical (unpaired) electrons. The van der Waals surface area contributed by atoms with Gasteiger partial charge in [-0.15, -0.1) is 0 Å². The van der Waals surface area contributed by atoms with Gasteiger partial charge < -0.3 is 20.3 Å². The van der Waals surface area contributed by atoms with Gasteiger partial charge in [0.25, 0.3) is 5.91 Å². The number of sulfone groups is 1. The van der Waals surface area contributed by atoms with E-state index in [-0.39, 0.29) is 24.4 Å². The third-order valence-electron chi connectivity index (χ3n) is 6.77. The first-order valence-electron chi connectivity index (χ1n) is 12.5. The number of nitrogens with zero attached hydrogens (tertiary/aromatic N) is 3. The van der Waals surface area contributed by atoms with Crippen molar-refractivity contribution in [2.24, 2.45) is 0 Å². The van der Waals surface area contributed by atoms with Gasteiger partial charge in [-0.05, 0) is 56.6 Å². The van der Waals surface area contributed by atoms with Gasteiger partial charge in [-0.2, -0.15) is 18.3 Å². The first-order valence-corrected chi connectivity index (χ1v) is 14.6. The maximum absolute atomic E-state index is 13.5. The largest absolute Gasteiger partial charge is 0.494 e. The second kappa shape index (κ2) is 10.8. The van der Waals surface area contributed by atoms with E-state index in [1.807, 2.05) is 25.1 Å². The van der Waals surface area contributed by atoms with Crippen molar-refractivity contribution in [2.45, 2.75) is 50.4 Å². The number of nitrogens with one attached hydrogen (secondary N) is 2. The maximum atomic E-state index is 13.5. The third kappa shape index (κ3) is 6.90. The first-order chi connectivity index (χ1) is 18.2. The van der Waals surface area contributed by atoms with Gasteiger partial charge >= 0.3 is 6.18 Å². The van der Waals surface area contributed by atoms with Crippen LogP contribution in [0.5, 0.6) is 5.75 Å². The van der Waals surface area contributed by atoms with Crippen LogP contribution in [-0.2, 0) is 39.6 Å². The topological polar surface area (TPSA) is 123 Å². The van der Waals surface area contributed by atoms with Crippen molar-refractivity contribution >= 4 is 27.5 Å². The first kappa shape index (κ1) is 28.9. The molecule has 2 aromatic rings. The lowest BCUT2D eigenvalue weighted by Gasteiger charge is -2.35. The SMILES string of the molecule is CN(C)CCn1nc2c(c1NC(=O)CS(C)(=O)=O)C(=O)N[C@@]1(CCc3cc(OCCCC(F)(F)F)ccc31)C2. The van der Waals surface area contributed by atoms with Crippen molar-refractivity contribution in [1.29, 1.82) is 0 Å². The molecule has 1 atom stereocenters. The van der Waals surface area contributed by atoms with E-state index in [4.69, 9.17) is 4.74 Å². The Morgan fingerprint density at radius 2 is 2.05 bits per heavy atom. The Labute approximate surface area is 224 Å². The fourth-order valence-electron chi connectivity index (χ4n) is 5.07. The third-order valence-corrected chi connectivity index (χ3v) is 7.56.